The van der Waals surface area contributed by atoms with E-state index in [9.17, 15) is 17.6 Å². The molecule has 0 saturated carbocycles. The van der Waals surface area contributed by atoms with E-state index in [1.807, 2.05) is 6.92 Å². The summed E-state index contributed by atoms with van der Waals surface area (Å²) in [6, 6.07) is 9.70. The fourth-order valence-electron chi connectivity index (χ4n) is 4.18. The van der Waals surface area contributed by atoms with Crippen LogP contribution in [0.15, 0.2) is 59.9 Å². The smallest absolute Gasteiger partial charge is 0.254 e. The summed E-state index contributed by atoms with van der Waals surface area (Å²) in [4.78, 5) is 23.6. The molecule has 2 aromatic carbocycles. The topological polar surface area (TPSA) is 94.4 Å². The normalized spacial score (nSPS) is 14.4. The Kier molecular flexibility index (Phi) is 5.86. The molecule has 35 heavy (non-hydrogen) atoms. The number of benzene rings is 2. The minimum atomic E-state index is -3.57. The van der Waals surface area contributed by atoms with Gasteiger partial charge in [0.2, 0.25) is 5.95 Å². The van der Waals surface area contributed by atoms with Crippen molar-refractivity contribution < 1.29 is 22.3 Å². The van der Waals surface area contributed by atoms with E-state index < -0.39 is 9.84 Å². The predicted molar refractivity (Wildman–Crippen MR) is 129 cm³/mol. The Morgan fingerprint density at radius 3 is 2.46 bits per heavy atom. The summed E-state index contributed by atoms with van der Waals surface area (Å²) >= 11 is 0. The number of hydrogen-bond acceptors (Lipinski definition) is 6. The fourth-order valence-corrected chi connectivity index (χ4v) is 5.05. The fraction of sp³-hybridized carbons (Fsp3) is 0.240. The molecular formula is C25H23FN4O4S. The van der Waals surface area contributed by atoms with Gasteiger partial charge in [0, 0.05) is 60.0 Å². The highest BCUT2D eigenvalue weighted by Gasteiger charge is 2.23. The van der Waals surface area contributed by atoms with Gasteiger partial charge in [-0.15, -0.1) is 0 Å². The third-order valence-electron chi connectivity index (χ3n) is 6.00. The number of aryl methyl sites for hydroxylation is 1. The van der Waals surface area contributed by atoms with Gasteiger partial charge in [-0.3, -0.25) is 9.36 Å². The number of morpholine rings is 1. The lowest BCUT2D eigenvalue weighted by molar-refractivity contribution is 0.0303. The number of ether oxygens (including phenoxy) is 1. The van der Waals surface area contributed by atoms with Gasteiger partial charge < -0.3 is 9.64 Å². The van der Waals surface area contributed by atoms with Gasteiger partial charge in [0.05, 0.1) is 23.6 Å². The molecule has 180 valence electrons. The molecule has 0 radical (unpaired) electrons. The van der Waals surface area contributed by atoms with Crippen molar-refractivity contribution in [1.82, 2.24) is 19.4 Å². The largest absolute Gasteiger partial charge is 0.378 e. The van der Waals surface area contributed by atoms with Gasteiger partial charge >= 0.3 is 0 Å². The third-order valence-corrected chi connectivity index (χ3v) is 7.12. The molecule has 1 amide bonds. The van der Waals surface area contributed by atoms with Crippen LogP contribution in [-0.2, 0) is 14.6 Å². The van der Waals surface area contributed by atoms with E-state index in [0.717, 1.165) is 11.8 Å². The number of fused-ring (bicyclic) bond motifs is 1. The second-order valence-electron chi connectivity index (χ2n) is 8.53. The van der Waals surface area contributed by atoms with Crippen LogP contribution < -0.4 is 0 Å². The van der Waals surface area contributed by atoms with Gasteiger partial charge in [-0.2, -0.15) is 0 Å². The molecule has 0 bridgehead atoms. The van der Waals surface area contributed by atoms with Crippen LogP contribution in [0.2, 0.25) is 0 Å². The molecule has 4 aromatic rings. The van der Waals surface area contributed by atoms with Crippen LogP contribution in [0.1, 0.15) is 15.9 Å². The second-order valence-corrected chi connectivity index (χ2v) is 10.5. The van der Waals surface area contributed by atoms with Crippen molar-refractivity contribution in [3.63, 3.8) is 0 Å². The lowest BCUT2D eigenvalue weighted by Crippen LogP contribution is -2.40. The van der Waals surface area contributed by atoms with Gasteiger partial charge in [-0.25, -0.2) is 22.8 Å². The molecule has 0 aliphatic carbocycles. The summed E-state index contributed by atoms with van der Waals surface area (Å²) in [5.74, 6) is -0.336. The molecule has 0 N–H and O–H groups in total. The van der Waals surface area contributed by atoms with E-state index in [4.69, 9.17) is 4.74 Å². The number of carbonyl (C=O) groups is 1. The number of halogens is 1. The maximum Gasteiger partial charge on any atom is 0.254 e. The lowest BCUT2D eigenvalue weighted by Gasteiger charge is -2.26. The first-order valence-electron chi connectivity index (χ1n) is 11.0. The van der Waals surface area contributed by atoms with Crippen molar-refractivity contribution >= 4 is 26.6 Å². The highest BCUT2D eigenvalue weighted by Crippen LogP contribution is 2.29. The molecule has 2 aromatic heterocycles. The number of carbonyl (C=O) groups excluding carboxylic acids is 1. The van der Waals surface area contributed by atoms with Crippen LogP contribution in [0.3, 0.4) is 0 Å². The number of aromatic nitrogens is 3. The molecule has 5 rings (SSSR count). The van der Waals surface area contributed by atoms with Crippen LogP contribution in [0.25, 0.3) is 28.0 Å². The number of rotatable bonds is 4. The maximum atomic E-state index is 14.3. The predicted octanol–water partition coefficient (Wildman–Crippen LogP) is 3.41. The van der Waals surface area contributed by atoms with E-state index in [2.05, 4.69) is 9.97 Å². The van der Waals surface area contributed by atoms with Crippen molar-refractivity contribution in [2.24, 2.45) is 0 Å². The van der Waals surface area contributed by atoms with E-state index in [1.54, 1.807) is 35.2 Å². The van der Waals surface area contributed by atoms with Crippen LogP contribution in [0, 0.1) is 12.7 Å². The number of nitrogens with zero attached hydrogens (tertiary/aromatic N) is 4. The quantitative estimate of drug-likeness (QED) is 0.432. The van der Waals surface area contributed by atoms with Crippen molar-refractivity contribution in [1.29, 1.82) is 0 Å². The molecular weight excluding hydrogens is 471 g/mol. The van der Waals surface area contributed by atoms with E-state index in [0.29, 0.717) is 53.9 Å². The highest BCUT2D eigenvalue weighted by molar-refractivity contribution is 7.91. The van der Waals surface area contributed by atoms with Crippen LogP contribution >= 0.6 is 0 Å². The minimum Gasteiger partial charge on any atom is -0.378 e. The molecule has 10 heteroatoms. The zero-order chi connectivity index (χ0) is 24.7. The Morgan fingerprint density at radius 2 is 1.77 bits per heavy atom. The third kappa shape index (κ3) is 4.42. The molecule has 0 spiro atoms. The van der Waals surface area contributed by atoms with Crippen LogP contribution in [-0.4, -0.2) is 66.3 Å². The van der Waals surface area contributed by atoms with Crippen molar-refractivity contribution in [2.45, 2.75) is 11.8 Å². The molecule has 1 aliphatic heterocycles. The summed E-state index contributed by atoms with van der Waals surface area (Å²) in [5.41, 5.74) is 2.69. The van der Waals surface area contributed by atoms with Crippen LogP contribution in [0.5, 0.6) is 0 Å². The molecule has 0 atom stereocenters. The van der Waals surface area contributed by atoms with E-state index >= 15 is 0 Å². The van der Waals surface area contributed by atoms with Gasteiger partial charge in [0.15, 0.2) is 9.84 Å². The monoisotopic (exact) mass is 494 g/mol. The molecule has 1 fully saturated rings. The Morgan fingerprint density at radius 1 is 1.06 bits per heavy atom. The summed E-state index contributed by atoms with van der Waals surface area (Å²) < 4.78 is 46.2. The standard InChI is InChI=1S/C25H23FN4O4S/c1-16-3-6-21(26)20(11-16)18-13-27-25(28-14-18)30-15-23(35(2,32)33)19-5-4-17(12-22(19)30)24(31)29-7-9-34-10-8-29/h3-6,11-15H,7-10H2,1-2H3. The molecule has 1 aliphatic rings. The SMILES string of the molecule is Cc1ccc(F)c(-c2cnc(-n3cc(S(C)(=O)=O)c4ccc(C(=O)N5CCOCC5)cc43)nc2)c1. The summed E-state index contributed by atoms with van der Waals surface area (Å²) in [6.07, 6.45) is 5.57. The summed E-state index contributed by atoms with van der Waals surface area (Å²) in [6.45, 7) is 3.81. The number of amides is 1. The first-order valence-corrected chi connectivity index (χ1v) is 12.9. The van der Waals surface area contributed by atoms with Gasteiger partial charge in [-0.05, 0) is 31.2 Å². The van der Waals surface area contributed by atoms with Gasteiger partial charge in [-0.1, -0.05) is 17.7 Å². The average molecular weight is 495 g/mol. The van der Waals surface area contributed by atoms with Crippen LogP contribution in [0.4, 0.5) is 4.39 Å². The minimum absolute atomic E-state index is 0.107. The van der Waals surface area contributed by atoms with Crippen molar-refractivity contribution in [3.05, 3.63) is 71.9 Å². The van der Waals surface area contributed by atoms with Crippen molar-refractivity contribution in [2.75, 3.05) is 32.6 Å². The first kappa shape index (κ1) is 23.1. The Labute approximate surface area is 201 Å². The Balaban J connectivity index is 1.60. The molecule has 0 unspecified atom stereocenters. The summed E-state index contributed by atoms with van der Waals surface area (Å²) in [5, 5.41) is 0.462. The first-order chi connectivity index (χ1) is 16.7. The van der Waals surface area contributed by atoms with Gasteiger partial charge in [0.1, 0.15) is 5.82 Å². The summed E-state index contributed by atoms with van der Waals surface area (Å²) in [7, 11) is -3.57. The Bertz CT molecular complexity index is 1540. The molecule has 1 saturated heterocycles. The molecule has 3 heterocycles. The number of hydrogen-bond donors (Lipinski definition) is 0. The van der Waals surface area contributed by atoms with Gasteiger partial charge in [0.25, 0.3) is 5.91 Å². The maximum absolute atomic E-state index is 14.3. The average Bonchev–Trinajstić information content (AvgIpc) is 3.25. The number of sulfone groups is 1. The zero-order valence-corrected chi connectivity index (χ0v) is 20.0. The van der Waals surface area contributed by atoms with E-state index in [-0.39, 0.29) is 22.6 Å². The zero-order valence-electron chi connectivity index (χ0n) is 19.2. The second kappa shape index (κ2) is 8.86. The van der Waals surface area contributed by atoms with Crippen molar-refractivity contribution in [3.8, 4) is 17.1 Å². The highest BCUT2D eigenvalue weighted by atomic mass is 32.2. The van der Waals surface area contributed by atoms with E-state index in [1.165, 1.54) is 29.2 Å². The lowest BCUT2D eigenvalue weighted by atomic mass is 10.1. The molecule has 8 nitrogen and oxygen atoms in total. The Hall–Kier alpha value is -3.63.